The van der Waals surface area contributed by atoms with Crippen LogP contribution in [0.3, 0.4) is 0 Å². The van der Waals surface area contributed by atoms with E-state index in [9.17, 15) is 9.59 Å². The molecule has 0 spiro atoms. The Kier molecular flexibility index (Phi) is 6.56. The number of halogens is 1. The van der Waals surface area contributed by atoms with Gasteiger partial charge in [0.1, 0.15) is 11.6 Å². The fraction of sp³-hybridized carbons (Fsp3) is 0.200. The van der Waals surface area contributed by atoms with E-state index in [0.29, 0.717) is 17.5 Å². The van der Waals surface area contributed by atoms with E-state index in [4.69, 9.17) is 14.0 Å². The lowest BCUT2D eigenvalue weighted by Gasteiger charge is -2.18. The maximum absolute atomic E-state index is 15.6. The first-order chi connectivity index (χ1) is 18.4. The Hall–Kier alpha value is -5.07. The van der Waals surface area contributed by atoms with Gasteiger partial charge in [0, 0.05) is 36.5 Å². The molecule has 3 heterocycles. The lowest BCUT2D eigenvalue weighted by molar-refractivity contribution is 0.369. The van der Waals surface area contributed by atoms with E-state index in [1.54, 1.807) is 6.92 Å². The number of benzene rings is 2. The molecule has 0 radical (unpaired) electrons. The van der Waals surface area contributed by atoms with Crippen molar-refractivity contribution in [3.63, 3.8) is 0 Å². The standard InChI is InChI=1S/C25H22FN7O5/c1-13-29-21(32-38-13)15-6-4-14(5-7-15)10-18(17-11-16(36-2)12-19(37-3)20(17)26)22-30-25(35)33(31-22)23-24(34)28-9-8-27-23/h4-9,11-12,18H,10H2,1-3H3,(H,28,34)(H,30,31,35). The zero-order valence-corrected chi connectivity index (χ0v) is 20.6. The van der Waals surface area contributed by atoms with Crippen LogP contribution in [0.2, 0.25) is 0 Å². The first kappa shape index (κ1) is 24.6. The molecule has 194 valence electrons. The third-order valence-electron chi connectivity index (χ3n) is 5.91. The molecule has 0 saturated heterocycles. The summed E-state index contributed by atoms with van der Waals surface area (Å²) in [5, 5.41) is 8.24. The maximum Gasteiger partial charge on any atom is 0.349 e. The minimum atomic E-state index is -0.797. The fourth-order valence-electron chi connectivity index (χ4n) is 4.04. The van der Waals surface area contributed by atoms with Gasteiger partial charge in [-0.15, -0.1) is 5.10 Å². The number of hydrogen-bond donors (Lipinski definition) is 2. The van der Waals surface area contributed by atoms with Crippen molar-refractivity contribution in [2.45, 2.75) is 19.3 Å². The first-order valence-electron chi connectivity index (χ1n) is 11.4. The summed E-state index contributed by atoms with van der Waals surface area (Å²) < 4.78 is 32.1. The van der Waals surface area contributed by atoms with Gasteiger partial charge in [-0.3, -0.25) is 9.78 Å². The van der Waals surface area contributed by atoms with Gasteiger partial charge in [0.25, 0.3) is 5.56 Å². The Bertz CT molecular complexity index is 1700. The molecule has 0 fully saturated rings. The van der Waals surface area contributed by atoms with Gasteiger partial charge in [-0.05, 0) is 18.1 Å². The van der Waals surface area contributed by atoms with Crippen LogP contribution in [0, 0.1) is 12.7 Å². The summed E-state index contributed by atoms with van der Waals surface area (Å²) >= 11 is 0. The molecule has 2 N–H and O–H groups in total. The Morgan fingerprint density at radius 2 is 1.92 bits per heavy atom. The summed E-state index contributed by atoms with van der Waals surface area (Å²) in [5.74, 6) is -0.327. The highest BCUT2D eigenvalue weighted by Gasteiger charge is 2.27. The van der Waals surface area contributed by atoms with Crippen molar-refractivity contribution < 1.29 is 18.4 Å². The Morgan fingerprint density at radius 3 is 2.58 bits per heavy atom. The molecule has 0 aliphatic heterocycles. The molecule has 0 aliphatic rings. The van der Waals surface area contributed by atoms with E-state index in [1.807, 2.05) is 24.3 Å². The van der Waals surface area contributed by atoms with Gasteiger partial charge in [-0.1, -0.05) is 29.4 Å². The molecule has 0 aliphatic carbocycles. The number of hydrogen-bond acceptors (Lipinski definition) is 9. The molecule has 38 heavy (non-hydrogen) atoms. The number of nitrogens with zero attached hydrogens (tertiary/aromatic N) is 5. The van der Waals surface area contributed by atoms with Crippen molar-refractivity contribution in [2.24, 2.45) is 0 Å². The van der Waals surface area contributed by atoms with Crippen LogP contribution in [-0.2, 0) is 6.42 Å². The van der Waals surface area contributed by atoms with Crippen LogP contribution >= 0.6 is 0 Å². The quantitative estimate of drug-likeness (QED) is 0.315. The molecule has 0 saturated carbocycles. The largest absolute Gasteiger partial charge is 0.497 e. The minimum Gasteiger partial charge on any atom is -0.497 e. The van der Waals surface area contributed by atoms with Crippen molar-refractivity contribution in [1.82, 2.24) is 34.9 Å². The summed E-state index contributed by atoms with van der Waals surface area (Å²) in [5.41, 5.74) is 0.405. The SMILES string of the molecule is COc1cc(OC)c(F)c(C(Cc2ccc(-c3noc(C)n3)cc2)c2nn(-c3ncc[nH]c3=O)c(=O)[nH]2)c1. The number of H-pyrrole nitrogens is 2. The van der Waals surface area contributed by atoms with Crippen LogP contribution in [0.4, 0.5) is 4.39 Å². The zero-order valence-electron chi connectivity index (χ0n) is 20.6. The van der Waals surface area contributed by atoms with Crippen LogP contribution in [0.1, 0.15) is 28.8 Å². The smallest absolute Gasteiger partial charge is 0.349 e. The fourth-order valence-corrected chi connectivity index (χ4v) is 4.04. The molecule has 0 amide bonds. The average molecular weight is 519 g/mol. The molecule has 13 heteroatoms. The Labute approximate surface area is 214 Å². The van der Waals surface area contributed by atoms with Crippen molar-refractivity contribution in [3.05, 3.63) is 98.3 Å². The normalized spacial score (nSPS) is 11.9. The van der Waals surface area contributed by atoms with Gasteiger partial charge in [-0.25, -0.2) is 14.2 Å². The van der Waals surface area contributed by atoms with Crippen LogP contribution in [-0.4, -0.2) is 49.1 Å². The lowest BCUT2D eigenvalue weighted by atomic mass is 9.90. The molecule has 1 unspecified atom stereocenters. The van der Waals surface area contributed by atoms with Crippen molar-refractivity contribution in [3.8, 4) is 28.7 Å². The molecule has 12 nitrogen and oxygen atoms in total. The number of nitrogens with one attached hydrogen (secondary N) is 2. The molecular weight excluding hydrogens is 497 g/mol. The van der Waals surface area contributed by atoms with Gasteiger partial charge in [0.2, 0.25) is 17.5 Å². The molecule has 0 bridgehead atoms. The summed E-state index contributed by atoms with van der Waals surface area (Å²) in [6, 6.07) is 10.2. The van der Waals surface area contributed by atoms with Crippen molar-refractivity contribution >= 4 is 0 Å². The first-order valence-corrected chi connectivity index (χ1v) is 11.4. The number of aryl methyl sites for hydroxylation is 1. The highest BCUT2D eigenvalue weighted by atomic mass is 19.1. The topological polar surface area (TPSA) is 154 Å². The van der Waals surface area contributed by atoms with Crippen LogP contribution in [0.15, 0.2) is 62.9 Å². The van der Waals surface area contributed by atoms with E-state index in [-0.39, 0.29) is 29.4 Å². The summed E-state index contributed by atoms with van der Waals surface area (Å²) in [6.07, 6.45) is 2.89. The van der Waals surface area contributed by atoms with E-state index in [0.717, 1.165) is 15.8 Å². The molecule has 5 rings (SSSR count). The second-order valence-electron chi connectivity index (χ2n) is 8.29. The minimum absolute atomic E-state index is 0.0323. The number of ether oxygens (including phenoxy) is 2. The van der Waals surface area contributed by atoms with Gasteiger partial charge < -0.3 is 19.0 Å². The average Bonchev–Trinajstić information content (AvgIpc) is 3.53. The van der Waals surface area contributed by atoms with Crippen molar-refractivity contribution in [2.75, 3.05) is 14.2 Å². The number of methoxy groups -OCH3 is 2. The van der Waals surface area contributed by atoms with Gasteiger partial charge >= 0.3 is 5.69 Å². The van der Waals surface area contributed by atoms with Crippen LogP contribution in [0.25, 0.3) is 17.2 Å². The van der Waals surface area contributed by atoms with Crippen molar-refractivity contribution in [1.29, 1.82) is 0 Å². The highest BCUT2D eigenvalue weighted by Crippen LogP contribution is 2.36. The van der Waals surface area contributed by atoms with Gasteiger partial charge in [0.05, 0.1) is 20.1 Å². The second kappa shape index (κ2) is 10.1. The molecule has 1 atom stereocenters. The number of rotatable bonds is 8. The molecular formula is C25H22FN7O5. The zero-order chi connectivity index (χ0) is 26.8. The highest BCUT2D eigenvalue weighted by molar-refractivity contribution is 5.55. The number of aromatic nitrogens is 7. The van der Waals surface area contributed by atoms with Crippen LogP contribution in [0.5, 0.6) is 11.5 Å². The predicted molar refractivity (Wildman–Crippen MR) is 132 cm³/mol. The van der Waals surface area contributed by atoms with Gasteiger partial charge in [0.15, 0.2) is 11.6 Å². The third-order valence-corrected chi connectivity index (χ3v) is 5.91. The van der Waals surface area contributed by atoms with Crippen LogP contribution < -0.4 is 20.7 Å². The van der Waals surface area contributed by atoms with E-state index >= 15 is 4.39 Å². The van der Waals surface area contributed by atoms with Gasteiger partial charge in [-0.2, -0.15) is 9.67 Å². The molecule has 5 aromatic rings. The predicted octanol–water partition coefficient (Wildman–Crippen LogP) is 2.53. The van der Waals surface area contributed by atoms with E-state index < -0.39 is 23.0 Å². The molecule has 3 aromatic heterocycles. The second-order valence-corrected chi connectivity index (χ2v) is 8.29. The Morgan fingerprint density at radius 1 is 1.13 bits per heavy atom. The Balaban J connectivity index is 1.60. The molecule has 2 aromatic carbocycles. The van der Waals surface area contributed by atoms with E-state index in [2.05, 4.69) is 30.2 Å². The summed E-state index contributed by atoms with van der Waals surface area (Å²) in [6.45, 7) is 1.70. The number of aromatic amines is 2. The maximum atomic E-state index is 15.6. The lowest BCUT2D eigenvalue weighted by Crippen LogP contribution is -2.25. The monoisotopic (exact) mass is 519 g/mol. The third kappa shape index (κ3) is 4.68. The summed E-state index contributed by atoms with van der Waals surface area (Å²) in [7, 11) is 2.80. The van der Waals surface area contributed by atoms with E-state index in [1.165, 1.54) is 38.7 Å². The summed E-state index contributed by atoms with van der Waals surface area (Å²) in [4.78, 5) is 38.3.